The highest BCUT2D eigenvalue weighted by molar-refractivity contribution is 9.11. The van der Waals surface area contributed by atoms with Crippen LogP contribution in [0.15, 0.2) is 52.4 Å². The molecule has 1 aliphatic heterocycles. The van der Waals surface area contributed by atoms with Crippen molar-refractivity contribution in [1.82, 2.24) is 9.88 Å². The minimum absolute atomic E-state index is 0.0329. The van der Waals surface area contributed by atoms with E-state index >= 15 is 0 Å². The largest absolute Gasteiger partial charge is 0.481 e. The summed E-state index contributed by atoms with van der Waals surface area (Å²) in [5.41, 5.74) is 2.09. The zero-order valence-corrected chi connectivity index (χ0v) is 16.5. The van der Waals surface area contributed by atoms with Crippen molar-refractivity contribution in [2.45, 2.75) is 18.9 Å². The fourth-order valence-corrected chi connectivity index (χ4v) is 5.30. The van der Waals surface area contributed by atoms with Crippen molar-refractivity contribution in [3.8, 4) is 0 Å². The van der Waals surface area contributed by atoms with Crippen LogP contribution in [-0.4, -0.2) is 34.0 Å². The van der Waals surface area contributed by atoms with Crippen molar-refractivity contribution in [2.75, 3.05) is 13.1 Å². The maximum atomic E-state index is 11.5. The number of hydrogen-bond donors (Lipinski definition) is 1. The number of halogens is 1. The maximum absolute atomic E-state index is 11.5. The van der Waals surface area contributed by atoms with E-state index in [4.69, 9.17) is 0 Å². The molecule has 0 radical (unpaired) electrons. The summed E-state index contributed by atoms with van der Waals surface area (Å²) in [5, 5.41) is 10.6. The quantitative estimate of drug-likeness (QED) is 0.636. The SMILES string of the molecule is O=C(O)C1CCCN(C(c2cnc3ccccc3c2)c2ccc(Br)s2)C1. The molecule has 0 saturated carbocycles. The van der Waals surface area contributed by atoms with Gasteiger partial charge in [-0.3, -0.25) is 14.7 Å². The lowest BCUT2D eigenvalue weighted by atomic mass is 9.94. The van der Waals surface area contributed by atoms with Crippen molar-refractivity contribution >= 4 is 44.1 Å². The number of carboxylic acid groups (broad SMARTS) is 1. The third kappa shape index (κ3) is 3.54. The Bertz CT molecular complexity index is 942. The van der Waals surface area contributed by atoms with Crippen molar-refractivity contribution in [3.63, 3.8) is 0 Å². The predicted octanol–water partition coefficient (Wildman–Crippen LogP) is 4.94. The summed E-state index contributed by atoms with van der Waals surface area (Å²) in [6.07, 6.45) is 3.59. The van der Waals surface area contributed by atoms with Gasteiger partial charge in [0.2, 0.25) is 0 Å². The molecule has 26 heavy (non-hydrogen) atoms. The van der Waals surface area contributed by atoms with E-state index in [1.165, 1.54) is 4.88 Å². The van der Waals surface area contributed by atoms with E-state index in [0.717, 1.165) is 39.6 Å². The smallest absolute Gasteiger partial charge is 0.307 e. The van der Waals surface area contributed by atoms with E-state index in [9.17, 15) is 9.90 Å². The molecule has 1 fully saturated rings. The number of benzene rings is 1. The fraction of sp³-hybridized carbons (Fsp3) is 0.300. The second-order valence-electron chi connectivity index (χ2n) is 6.68. The summed E-state index contributed by atoms with van der Waals surface area (Å²) in [6, 6.07) is 14.5. The summed E-state index contributed by atoms with van der Waals surface area (Å²) in [5.74, 6) is -1.000. The first kappa shape index (κ1) is 17.6. The second-order valence-corrected chi connectivity index (χ2v) is 9.17. The Morgan fingerprint density at radius 3 is 2.92 bits per heavy atom. The molecule has 1 saturated heterocycles. The van der Waals surface area contributed by atoms with Gasteiger partial charge in [-0.1, -0.05) is 18.2 Å². The normalized spacial score (nSPS) is 19.5. The van der Waals surface area contributed by atoms with E-state index in [1.807, 2.05) is 24.4 Å². The Labute approximate surface area is 164 Å². The number of carbonyl (C=O) groups is 1. The molecule has 134 valence electrons. The highest BCUT2D eigenvalue weighted by Crippen LogP contribution is 2.38. The van der Waals surface area contributed by atoms with Crippen LogP contribution in [-0.2, 0) is 4.79 Å². The molecule has 4 rings (SSSR count). The molecule has 1 N–H and O–H groups in total. The molecule has 0 aliphatic carbocycles. The lowest BCUT2D eigenvalue weighted by molar-refractivity contribution is -0.143. The molecule has 3 aromatic rings. The highest BCUT2D eigenvalue weighted by atomic mass is 79.9. The number of rotatable bonds is 4. The summed E-state index contributed by atoms with van der Waals surface area (Å²) in [7, 11) is 0. The number of aromatic nitrogens is 1. The van der Waals surface area contributed by atoms with E-state index in [1.54, 1.807) is 11.3 Å². The molecule has 6 heteroatoms. The monoisotopic (exact) mass is 430 g/mol. The average molecular weight is 431 g/mol. The van der Waals surface area contributed by atoms with Crippen molar-refractivity contribution in [2.24, 2.45) is 5.92 Å². The summed E-state index contributed by atoms with van der Waals surface area (Å²) in [6.45, 7) is 1.47. The van der Waals surface area contributed by atoms with Crippen LogP contribution >= 0.6 is 27.3 Å². The minimum atomic E-state index is -0.697. The second kappa shape index (κ2) is 7.47. The van der Waals surface area contributed by atoms with Crippen LogP contribution in [0.2, 0.25) is 0 Å². The molecular formula is C20H19BrN2O2S. The van der Waals surface area contributed by atoms with Crippen LogP contribution in [0.3, 0.4) is 0 Å². The van der Waals surface area contributed by atoms with Gasteiger partial charge in [0.25, 0.3) is 0 Å². The first-order valence-corrected chi connectivity index (χ1v) is 10.3. The van der Waals surface area contributed by atoms with Crippen molar-refractivity contribution in [1.29, 1.82) is 0 Å². The van der Waals surface area contributed by atoms with Gasteiger partial charge in [0.1, 0.15) is 0 Å². The third-order valence-electron chi connectivity index (χ3n) is 4.96. The van der Waals surface area contributed by atoms with Crippen LogP contribution in [0.25, 0.3) is 10.9 Å². The summed E-state index contributed by atoms with van der Waals surface area (Å²) >= 11 is 5.26. The Kier molecular flexibility index (Phi) is 5.07. The molecule has 0 bridgehead atoms. The zero-order valence-electron chi connectivity index (χ0n) is 14.1. The maximum Gasteiger partial charge on any atom is 0.307 e. The first-order valence-electron chi connectivity index (χ1n) is 8.68. The van der Waals surface area contributed by atoms with Gasteiger partial charge in [0, 0.05) is 23.0 Å². The van der Waals surface area contributed by atoms with Gasteiger partial charge in [-0.25, -0.2) is 0 Å². The van der Waals surface area contributed by atoms with E-state index < -0.39 is 5.97 Å². The van der Waals surface area contributed by atoms with Gasteiger partial charge < -0.3 is 5.11 Å². The van der Waals surface area contributed by atoms with E-state index in [2.05, 4.69) is 50.1 Å². The number of piperidine rings is 1. The van der Waals surface area contributed by atoms with Crippen LogP contribution in [0, 0.1) is 5.92 Å². The van der Waals surface area contributed by atoms with Crippen molar-refractivity contribution in [3.05, 3.63) is 62.9 Å². The molecule has 0 amide bonds. The molecule has 1 aliphatic rings. The van der Waals surface area contributed by atoms with Crippen LogP contribution in [0.5, 0.6) is 0 Å². The number of hydrogen-bond acceptors (Lipinski definition) is 4. The topological polar surface area (TPSA) is 53.4 Å². The van der Waals surface area contributed by atoms with Gasteiger partial charge in [-0.15, -0.1) is 11.3 Å². The predicted molar refractivity (Wildman–Crippen MR) is 108 cm³/mol. The molecule has 2 atom stereocenters. The number of likely N-dealkylation sites (tertiary alicyclic amines) is 1. The Hall–Kier alpha value is -1.76. The van der Waals surface area contributed by atoms with Gasteiger partial charge in [-0.05, 0) is 65.1 Å². The lowest BCUT2D eigenvalue weighted by Crippen LogP contribution is -2.41. The standard InChI is InChI=1S/C20H19BrN2O2S/c21-18-8-7-17(26-18)19(23-9-3-5-14(12-23)20(24)25)15-10-13-4-1-2-6-16(13)22-11-15/h1-2,4,6-8,10-11,14,19H,3,5,9,12H2,(H,24,25). The molecule has 0 spiro atoms. The lowest BCUT2D eigenvalue weighted by Gasteiger charge is -2.36. The Morgan fingerprint density at radius 1 is 1.31 bits per heavy atom. The highest BCUT2D eigenvalue weighted by Gasteiger charge is 2.32. The molecule has 3 heterocycles. The number of pyridine rings is 1. The fourth-order valence-electron chi connectivity index (χ4n) is 3.71. The number of fused-ring (bicyclic) bond motifs is 1. The van der Waals surface area contributed by atoms with Crippen LogP contribution < -0.4 is 0 Å². The van der Waals surface area contributed by atoms with Gasteiger partial charge in [0.05, 0.1) is 21.3 Å². The summed E-state index contributed by atoms with van der Waals surface area (Å²) < 4.78 is 1.08. The zero-order chi connectivity index (χ0) is 18.1. The molecule has 1 aromatic carbocycles. The number of para-hydroxylation sites is 1. The van der Waals surface area contributed by atoms with E-state index in [-0.39, 0.29) is 12.0 Å². The van der Waals surface area contributed by atoms with E-state index in [0.29, 0.717) is 6.54 Å². The molecule has 2 aromatic heterocycles. The van der Waals surface area contributed by atoms with Crippen LogP contribution in [0.1, 0.15) is 29.3 Å². The average Bonchev–Trinajstić information content (AvgIpc) is 3.08. The Morgan fingerprint density at radius 2 is 2.15 bits per heavy atom. The Balaban J connectivity index is 1.76. The number of thiophene rings is 1. The number of aliphatic carboxylic acids is 1. The first-order chi connectivity index (χ1) is 12.6. The third-order valence-corrected chi connectivity index (χ3v) is 6.63. The van der Waals surface area contributed by atoms with Crippen molar-refractivity contribution < 1.29 is 9.90 Å². The van der Waals surface area contributed by atoms with Gasteiger partial charge in [0.15, 0.2) is 0 Å². The van der Waals surface area contributed by atoms with Crippen LogP contribution in [0.4, 0.5) is 0 Å². The molecule has 2 unspecified atom stereocenters. The molecular weight excluding hydrogens is 412 g/mol. The number of nitrogens with zero attached hydrogens (tertiary/aromatic N) is 2. The van der Waals surface area contributed by atoms with Gasteiger partial charge in [-0.2, -0.15) is 0 Å². The molecule has 4 nitrogen and oxygen atoms in total. The minimum Gasteiger partial charge on any atom is -0.481 e. The number of carboxylic acids is 1. The van der Waals surface area contributed by atoms with Gasteiger partial charge >= 0.3 is 5.97 Å². The summed E-state index contributed by atoms with van der Waals surface area (Å²) in [4.78, 5) is 19.7.